The van der Waals surface area contributed by atoms with E-state index in [9.17, 15) is 13.2 Å². The summed E-state index contributed by atoms with van der Waals surface area (Å²) in [7, 11) is -3.59. The van der Waals surface area contributed by atoms with Gasteiger partial charge in [0.1, 0.15) is 5.01 Å². The minimum Gasteiger partial charge on any atom is -0.462 e. The molecule has 0 atom stereocenters. The van der Waals surface area contributed by atoms with Crippen LogP contribution in [0.2, 0.25) is 0 Å². The number of aromatic nitrogens is 2. The Morgan fingerprint density at radius 1 is 1.18 bits per heavy atom. The van der Waals surface area contributed by atoms with Crippen LogP contribution >= 0.6 is 23.1 Å². The number of piperazine rings is 1. The first-order chi connectivity index (χ1) is 13.4. The molecule has 1 fully saturated rings. The molecule has 2 heterocycles. The van der Waals surface area contributed by atoms with Crippen molar-refractivity contribution < 1.29 is 17.9 Å². The zero-order chi connectivity index (χ0) is 20.1. The Labute approximate surface area is 172 Å². The third-order valence-electron chi connectivity index (χ3n) is 4.32. The van der Waals surface area contributed by atoms with Crippen molar-refractivity contribution in [2.75, 3.05) is 39.0 Å². The zero-order valence-electron chi connectivity index (χ0n) is 15.7. The van der Waals surface area contributed by atoms with E-state index in [1.807, 2.05) is 6.26 Å². The van der Waals surface area contributed by atoms with Crippen molar-refractivity contribution in [3.05, 3.63) is 34.8 Å². The van der Waals surface area contributed by atoms with Crippen molar-refractivity contribution in [2.24, 2.45) is 0 Å². The van der Waals surface area contributed by atoms with E-state index in [-0.39, 0.29) is 11.5 Å². The predicted octanol–water partition coefficient (Wildman–Crippen LogP) is 1.94. The van der Waals surface area contributed by atoms with Gasteiger partial charge in [0.15, 0.2) is 4.34 Å². The van der Waals surface area contributed by atoms with Crippen LogP contribution in [0.3, 0.4) is 0 Å². The second-order valence-corrected chi connectivity index (χ2v) is 10.1. The van der Waals surface area contributed by atoms with Crippen molar-refractivity contribution in [1.29, 1.82) is 0 Å². The molecule has 0 saturated carbocycles. The quantitative estimate of drug-likeness (QED) is 0.474. The van der Waals surface area contributed by atoms with Crippen molar-refractivity contribution >= 4 is 39.1 Å². The van der Waals surface area contributed by atoms with Gasteiger partial charge in [0, 0.05) is 26.2 Å². The highest BCUT2D eigenvalue weighted by atomic mass is 32.2. The van der Waals surface area contributed by atoms with Gasteiger partial charge < -0.3 is 4.74 Å². The normalized spacial score (nSPS) is 16.2. The third-order valence-corrected chi connectivity index (χ3v) is 8.11. The lowest BCUT2D eigenvalue weighted by atomic mass is 10.2. The lowest BCUT2D eigenvalue weighted by Crippen LogP contribution is -2.48. The van der Waals surface area contributed by atoms with Crippen LogP contribution in [0.4, 0.5) is 0 Å². The fourth-order valence-corrected chi connectivity index (χ4v) is 5.61. The summed E-state index contributed by atoms with van der Waals surface area (Å²) in [6, 6.07) is 5.89. The van der Waals surface area contributed by atoms with Crippen LogP contribution in [-0.2, 0) is 21.3 Å². The van der Waals surface area contributed by atoms with E-state index < -0.39 is 16.0 Å². The molecule has 0 spiro atoms. The average molecular weight is 443 g/mol. The molecule has 28 heavy (non-hydrogen) atoms. The van der Waals surface area contributed by atoms with Crippen LogP contribution in [0.15, 0.2) is 33.5 Å². The molecular formula is C17H22N4O4S3. The minimum atomic E-state index is -3.59. The van der Waals surface area contributed by atoms with E-state index in [1.54, 1.807) is 30.0 Å². The first kappa shape index (κ1) is 21.2. The highest BCUT2D eigenvalue weighted by Crippen LogP contribution is 2.22. The molecule has 1 aliphatic rings. The molecule has 3 rings (SSSR count). The molecule has 0 unspecified atom stereocenters. The Bertz CT molecular complexity index is 907. The number of esters is 1. The molecule has 152 valence electrons. The maximum absolute atomic E-state index is 12.9. The zero-order valence-corrected chi connectivity index (χ0v) is 18.1. The maximum Gasteiger partial charge on any atom is 0.338 e. The van der Waals surface area contributed by atoms with E-state index in [1.165, 1.54) is 28.6 Å². The molecule has 2 aromatic rings. The van der Waals surface area contributed by atoms with Gasteiger partial charge in [-0.1, -0.05) is 23.1 Å². The molecule has 1 saturated heterocycles. The Balaban J connectivity index is 1.60. The summed E-state index contributed by atoms with van der Waals surface area (Å²) >= 11 is 3.13. The molecule has 0 aliphatic carbocycles. The first-order valence-corrected chi connectivity index (χ1v) is 12.3. The average Bonchev–Trinajstić information content (AvgIpc) is 3.16. The highest BCUT2D eigenvalue weighted by Gasteiger charge is 2.29. The summed E-state index contributed by atoms with van der Waals surface area (Å²) in [5, 5.41) is 9.20. The van der Waals surface area contributed by atoms with Crippen LogP contribution in [0.1, 0.15) is 22.3 Å². The van der Waals surface area contributed by atoms with E-state index in [4.69, 9.17) is 4.74 Å². The molecule has 1 aromatic carbocycles. The monoisotopic (exact) mass is 442 g/mol. The molecule has 1 aromatic heterocycles. The third kappa shape index (κ3) is 4.90. The van der Waals surface area contributed by atoms with Crippen LogP contribution in [0.5, 0.6) is 0 Å². The smallest absolute Gasteiger partial charge is 0.338 e. The number of nitrogens with zero attached hydrogens (tertiary/aromatic N) is 4. The Morgan fingerprint density at radius 3 is 2.43 bits per heavy atom. The van der Waals surface area contributed by atoms with Gasteiger partial charge in [0.2, 0.25) is 10.0 Å². The van der Waals surface area contributed by atoms with E-state index >= 15 is 0 Å². The van der Waals surface area contributed by atoms with E-state index in [2.05, 4.69) is 15.1 Å². The van der Waals surface area contributed by atoms with Gasteiger partial charge in [-0.25, -0.2) is 13.2 Å². The summed E-state index contributed by atoms with van der Waals surface area (Å²) in [6.07, 6.45) is 1.97. The van der Waals surface area contributed by atoms with Gasteiger partial charge in [0.05, 0.1) is 23.6 Å². The fourth-order valence-electron chi connectivity index (χ4n) is 2.83. The van der Waals surface area contributed by atoms with Crippen molar-refractivity contribution in [3.63, 3.8) is 0 Å². The van der Waals surface area contributed by atoms with Crippen LogP contribution in [0.25, 0.3) is 0 Å². The highest BCUT2D eigenvalue weighted by molar-refractivity contribution is 8.00. The Morgan fingerprint density at radius 2 is 1.86 bits per heavy atom. The second kappa shape index (κ2) is 9.31. The molecule has 8 nitrogen and oxygen atoms in total. The number of thioether (sulfide) groups is 1. The lowest BCUT2D eigenvalue weighted by molar-refractivity contribution is 0.0526. The standard InChI is InChI=1S/C17H22N4O4S3/c1-3-25-16(22)13-4-6-14(7-5-13)28(23,24)21-10-8-20(9-11-21)12-15-18-19-17(26-2)27-15/h4-7H,3,8-12H2,1-2H3. The molecule has 1 aliphatic heterocycles. The number of benzene rings is 1. The topological polar surface area (TPSA) is 92.7 Å². The summed E-state index contributed by atoms with van der Waals surface area (Å²) in [5.41, 5.74) is 0.340. The van der Waals surface area contributed by atoms with Crippen LogP contribution in [-0.4, -0.2) is 72.8 Å². The number of sulfonamides is 1. The van der Waals surface area contributed by atoms with Gasteiger partial charge >= 0.3 is 5.97 Å². The molecule has 0 N–H and O–H groups in total. The molecule has 0 amide bonds. The minimum absolute atomic E-state index is 0.183. The van der Waals surface area contributed by atoms with Crippen LogP contribution in [0, 0.1) is 0 Å². The fraction of sp³-hybridized carbons (Fsp3) is 0.471. The molecular weight excluding hydrogens is 420 g/mol. The van der Waals surface area contributed by atoms with Gasteiger partial charge in [0.25, 0.3) is 0 Å². The molecule has 0 bridgehead atoms. The number of carbonyl (C=O) groups excluding carboxylic acids is 1. The predicted molar refractivity (Wildman–Crippen MR) is 108 cm³/mol. The van der Waals surface area contributed by atoms with Gasteiger partial charge in [-0.15, -0.1) is 10.2 Å². The van der Waals surface area contributed by atoms with Crippen molar-refractivity contribution in [1.82, 2.24) is 19.4 Å². The number of rotatable bonds is 7. The number of ether oxygens (including phenoxy) is 1. The summed E-state index contributed by atoms with van der Waals surface area (Å²) in [4.78, 5) is 14.1. The number of hydrogen-bond donors (Lipinski definition) is 0. The molecule has 11 heteroatoms. The van der Waals surface area contributed by atoms with Crippen molar-refractivity contribution in [3.8, 4) is 0 Å². The molecule has 0 radical (unpaired) electrons. The summed E-state index contributed by atoms with van der Waals surface area (Å²) in [6.45, 7) is 4.77. The van der Waals surface area contributed by atoms with Crippen molar-refractivity contribution in [2.45, 2.75) is 22.7 Å². The van der Waals surface area contributed by atoms with E-state index in [0.717, 1.165) is 9.35 Å². The second-order valence-electron chi connectivity index (χ2n) is 6.09. The SMILES string of the molecule is CCOC(=O)c1ccc(S(=O)(=O)N2CCN(Cc3nnc(SC)s3)CC2)cc1. The Kier molecular flexibility index (Phi) is 7.05. The van der Waals surface area contributed by atoms with Gasteiger partial charge in [-0.3, -0.25) is 4.90 Å². The number of carbonyl (C=O) groups is 1. The lowest BCUT2D eigenvalue weighted by Gasteiger charge is -2.33. The number of hydrogen-bond acceptors (Lipinski definition) is 9. The Hall–Kier alpha value is -1.53. The largest absolute Gasteiger partial charge is 0.462 e. The van der Waals surface area contributed by atoms with Crippen LogP contribution < -0.4 is 0 Å². The maximum atomic E-state index is 12.9. The van der Waals surface area contributed by atoms with Gasteiger partial charge in [-0.05, 0) is 37.4 Å². The van der Waals surface area contributed by atoms with Gasteiger partial charge in [-0.2, -0.15) is 4.31 Å². The summed E-state index contributed by atoms with van der Waals surface area (Å²) in [5.74, 6) is -0.457. The first-order valence-electron chi connectivity index (χ1n) is 8.80. The summed E-state index contributed by atoms with van der Waals surface area (Å²) < 4.78 is 33.1. The van der Waals surface area contributed by atoms with E-state index in [0.29, 0.717) is 38.3 Å².